The molecule has 1 aromatic carbocycles. The number of rotatable bonds is 3. The Hall–Kier alpha value is -2.96. The molecule has 7 heteroatoms. The van der Waals surface area contributed by atoms with Gasteiger partial charge in [-0.1, -0.05) is 26.8 Å². The van der Waals surface area contributed by atoms with E-state index in [4.69, 9.17) is 4.74 Å². The van der Waals surface area contributed by atoms with Crippen LogP contribution in [0.4, 0.5) is 5.69 Å². The average Bonchev–Trinajstić information content (AvgIpc) is 3.14. The third-order valence-corrected chi connectivity index (χ3v) is 5.63. The number of benzene rings is 1. The van der Waals surface area contributed by atoms with E-state index in [2.05, 4.69) is 5.10 Å². The minimum Gasteiger partial charge on any atom is -0.497 e. The van der Waals surface area contributed by atoms with Crippen molar-refractivity contribution in [1.82, 2.24) is 5.01 Å². The van der Waals surface area contributed by atoms with E-state index in [9.17, 15) is 14.4 Å². The van der Waals surface area contributed by atoms with Crippen LogP contribution in [0.1, 0.15) is 20.8 Å². The fourth-order valence-electron chi connectivity index (χ4n) is 4.27. The first-order valence-electron chi connectivity index (χ1n) is 9.31. The summed E-state index contributed by atoms with van der Waals surface area (Å²) in [5, 5.41) is 5.98. The fraction of sp³-hybridized carbons (Fsp3) is 0.429. The number of ketones is 1. The number of imide groups is 1. The van der Waals surface area contributed by atoms with E-state index < -0.39 is 29.3 Å². The number of methoxy groups -OCH3 is 1. The van der Waals surface area contributed by atoms with Crippen LogP contribution in [0.25, 0.3) is 0 Å². The third kappa shape index (κ3) is 2.57. The van der Waals surface area contributed by atoms with E-state index in [1.54, 1.807) is 48.7 Å². The van der Waals surface area contributed by atoms with E-state index in [1.807, 2.05) is 26.8 Å². The molecule has 0 radical (unpaired) electrons. The van der Waals surface area contributed by atoms with Crippen molar-refractivity contribution in [2.75, 3.05) is 12.0 Å². The van der Waals surface area contributed by atoms with E-state index >= 15 is 0 Å². The van der Waals surface area contributed by atoms with Gasteiger partial charge in [0.15, 0.2) is 5.78 Å². The molecule has 3 aliphatic rings. The second kappa shape index (κ2) is 6.29. The average molecular weight is 381 g/mol. The van der Waals surface area contributed by atoms with Crippen molar-refractivity contribution in [2.24, 2.45) is 22.4 Å². The summed E-state index contributed by atoms with van der Waals surface area (Å²) in [7, 11) is 1.55. The number of hydrazone groups is 1. The molecule has 2 saturated heterocycles. The second-order valence-corrected chi connectivity index (χ2v) is 8.34. The predicted molar refractivity (Wildman–Crippen MR) is 104 cm³/mol. The molecule has 146 valence electrons. The first-order valence-corrected chi connectivity index (χ1v) is 9.31. The van der Waals surface area contributed by atoms with Gasteiger partial charge in [-0.15, -0.1) is 0 Å². The van der Waals surface area contributed by atoms with Crippen LogP contribution < -0.4 is 9.64 Å². The zero-order chi connectivity index (χ0) is 20.2. The lowest BCUT2D eigenvalue weighted by atomic mass is 9.80. The van der Waals surface area contributed by atoms with Gasteiger partial charge < -0.3 is 4.74 Å². The number of amides is 2. The van der Waals surface area contributed by atoms with Gasteiger partial charge in [-0.05, 0) is 30.3 Å². The Balaban J connectivity index is 1.76. The molecule has 0 bridgehead atoms. The number of hydrogen-bond acceptors (Lipinski definition) is 6. The molecule has 28 heavy (non-hydrogen) atoms. The Labute approximate surface area is 163 Å². The summed E-state index contributed by atoms with van der Waals surface area (Å²) < 4.78 is 5.15. The zero-order valence-corrected chi connectivity index (χ0v) is 16.3. The molecule has 0 spiro atoms. The quantitative estimate of drug-likeness (QED) is 0.749. The van der Waals surface area contributed by atoms with Gasteiger partial charge in [0.2, 0.25) is 11.8 Å². The second-order valence-electron chi connectivity index (χ2n) is 8.34. The molecule has 0 unspecified atom stereocenters. The highest BCUT2D eigenvalue weighted by molar-refractivity contribution is 6.24. The van der Waals surface area contributed by atoms with Crippen molar-refractivity contribution < 1.29 is 19.1 Å². The molecule has 4 atom stereocenters. The lowest BCUT2D eigenvalue weighted by molar-refractivity contribution is -0.136. The molecule has 0 saturated carbocycles. The maximum Gasteiger partial charge on any atom is 0.240 e. The Morgan fingerprint density at radius 3 is 2.32 bits per heavy atom. The Morgan fingerprint density at radius 2 is 1.71 bits per heavy atom. The number of allylic oxidation sites excluding steroid dienone is 1. The number of ether oxygens (including phenoxy) is 1. The van der Waals surface area contributed by atoms with Crippen molar-refractivity contribution in [3.63, 3.8) is 0 Å². The SMILES string of the molecule is COc1ccc(N2C(=O)[C@@H]3[C@H](C2=O)[C@H](C(=O)C(C)(C)C)N2N=CC=C[C@H]32)cc1. The lowest BCUT2D eigenvalue weighted by Gasteiger charge is -2.33. The smallest absolute Gasteiger partial charge is 0.240 e. The minimum atomic E-state index is -0.754. The standard InChI is InChI=1S/C21H23N3O4/c1-21(2,3)18(25)17-16-15(14-6-5-11-22-24(14)17)19(26)23(20(16)27)12-7-9-13(28-4)10-8-12/h5-11,14-17H,1-4H3/t14-,15+,16+,17-/m1/s1. The van der Waals surface area contributed by atoms with Crippen LogP contribution in [0.5, 0.6) is 5.75 Å². The number of fused-ring (bicyclic) bond motifs is 3. The van der Waals surface area contributed by atoms with Gasteiger partial charge in [0.25, 0.3) is 0 Å². The summed E-state index contributed by atoms with van der Waals surface area (Å²) in [5.41, 5.74) is -0.167. The molecular formula is C21H23N3O4. The first-order chi connectivity index (χ1) is 13.3. The van der Waals surface area contributed by atoms with E-state index in [-0.39, 0.29) is 17.6 Å². The number of nitrogens with zero attached hydrogens (tertiary/aromatic N) is 3. The fourth-order valence-corrected chi connectivity index (χ4v) is 4.27. The van der Waals surface area contributed by atoms with Crippen molar-refractivity contribution in [3.8, 4) is 5.75 Å². The first kappa shape index (κ1) is 18.4. The van der Waals surface area contributed by atoms with Gasteiger partial charge in [-0.2, -0.15) is 5.10 Å². The van der Waals surface area contributed by atoms with Gasteiger partial charge in [0.1, 0.15) is 11.8 Å². The number of anilines is 1. The van der Waals surface area contributed by atoms with Crippen LogP contribution in [-0.2, 0) is 14.4 Å². The van der Waals surface area contributed by atoms with Crippen molar-refractivity contribution in [3.05, 3.63) is 36.4 Å². The molecule has 2 fully saturated rings. The molecular weight excluding hydrogens is 358 g/mol. The summed E-state index contributed by atoms with van der Waals surface area (Å²) in [6.07, 6.45) is 5.20. The summed E-state index contributed by atoms with van der Waals surface area (Å²) in [6, 6.07) is 5.63. The lowest BCUT2D eigenvalue weighted by Crippen LogP contribution is -2.49. The summed E-state index contributed by atoms with van der Waals surface area (Å²) >= 11 is 0. The summed E-state index contributed by atoms with van der Waals surface area (Å²) in [4.78, 5) is 41.0. The molecule has 0 N–H and O–H groups in total. The molecule has 3 heterocycles. The molecule has 1 aromatic rings. The number of carbonyl (C=O) groups is 3. The van der Waals surface area contributed by atoms with Gasteiger partial charge in [-0.25, -0.2) is 4.90 Å². The monoisotopic (exact) mass is 381 g/mol. The maximum absolute atomic E-state index is 13.4. The summed E-state index contributed by atoms with van der Waals surface area (Å²) in [5.74, 6) is -1.46. The van der Waals surface area contributed by atoms with Crippen LogP contribution in [0.15, 0.2) is 41.5 Å². The van der Waals surface area contributed by atoms with E-state index in [0.29, 0.717) is 11.4 Å². The molecule has 2 amide bonds. The Bertz CT molecular complexity index is 897. The molecule has 4 rings (SSSR count). The minimum absolute atomic E-state index is 0.0878. The Kier molecular flexibility index (Phi) is 4.14. The molecule has 0 aliphatic carbocycles. The highest BCUT2D eigenvalue weighted by Gasteiger charge is 2.64. The van der Waals surface area contributed by atoms with Gasteiger partial charge in [0.05, 0.1) is 30.7 Å². The summed E-state index contributed by atoms with van der Waals surface area (Å²) in [6.45, 7) is 5.47. The number of Topliss-reactive ketones (excluding diaryl/α,β-unsaturated/α-hetero) is 1. The largest absolute Gasteiger partial charge is 0.497 e. The molecule has 0 aromatic heterocycles. The van der Waals surface area contributed by atoms with Crippen LogP contribution >= 0.6 is 0 Å². The third-order valence-electron chi connectivity index (χ3n) is 5.63. The van der Waals surface area contributed by atoms with Crippen molar-refractivity contribution in [1.29, 1.82) is 0 Å². The van der Waals surface area contributed by atoms with E-state index in [1.165, 1.54) is 4.90 Å². The van der Waals surface area contributed by atoms with Gasteiger partial charge >= 0.3 is 0 Å². The number of carbonyl (C=O) groups excluding carboxylic acids is 3. The van der Waals surface area contributed by atoms with Crippen LogP contribution in [0.3, 0.4) is 0 Å². The number of hydrogen-bond donors (Lipinski definition) is 0. The zero-order valence-electron chi connectivity index (χ0n) is 16.3. The molecule has 7 nitrogen and oxygen atoms in total. The predicted octanol–water partition coefficient (Wildman–Crippen LogP) is 2.02. The molecule has 3 aliphatic heterocycles. The van der Waals surface area contributed by atoms with Crippen LogP contribution in [-0.4, -0.2) is 48.0 Å². The van der Waals surface area contributed by atoms with Crippen LogP contribution in [0.2, 0.25) is 0 Å². The highest BCUT2D eigenvalue weighted by Crippen LogP contribution is 2.47. The Morgan fingerprint density at radius 1 is 1.07 bits per heavy atom. The van der Waals surface area contributed by atoms with E-state index in [0.717, 1.165) is 0 Å². The van der Waals surface area contributed by atoms with Crippen LogP contribution in [0, 0.1) is 17.3 Å². The highest BCUT2D eigenvalue weighted by atomic mass is 16.5. The normalized spacial score (nSPS) is 28.6. The van der Waals surface area contributed by atoms with Gasteiger partial charge in [0, 0.05) is 11.6 Å². The van der Waals surface area contributed by atoms with Crippen molar-refractivity contribution >= 4 is 29.5 Å². The van der Waals surface area contributed by atoms with Gasteiger partial charge in [-0.3, -0.25) is 19.4 Å². The van der Waals surface area contributed by atoms with Crippen molar-refractivity contribution in [2.45, 2.75) is 32.9 Å². The topological polar surface area (TPSA) is 79.3 Å². The maximum atomic E-state index is 13.4.